The molecule has 0 aromatic heterocycles. The van der Waals surface area contributed by atoms with Crippen LogP contribution in [0.4, 0.5) is 0 Å². The van der Waals surface area contributed by atoms with Crippen molar-refractivity contribution in [3.63, 3.8) is 0 Å². The van der Waals surface area contributed by atoms with Crippen molar-refractivity contribution >= 4 is 33.0 Å². The van der Waals surface area contributed by atoms with E-state index in [4.69, 9.17) is 27.9 Å². The number of ether oxygens (including phenoxy) is 1. The normalized spacial score (nSPS) is 11.7. The van der Waals surface area contributed by atoms with Gasteiger partial charge in [-0.1, -0.05) is 29.3 Å². The van der Waals surface area contributed by atoms with Crippen molar-refractivity contribution in [1.29, 1.82) is 0 Å². The summed E-state index contributed by atoms with van der Waals surface area (Å²) in [6.07, 6.45) is 0. The molecule has 0 fully saturated rings. The molecule has 3 nitrogen and oxygen atoms in total. The number of rotatable bonds is 5. The molecule has 90 valence electrons. The molecule has 0 radical (unpaired) electrons. The average Bonchev–Trinajstić information content (AvgIpc) is 2.20. The minimum absolute atomic E-state index is 0.00372. The van der Waals surface area contributed by atoms with Gasteiger partial charge in [-0.2, -0.15) is 0 Å². The Morgan fingerprint density at radius 2 is 1.94 bits per heavy atom. The van der Waals surface area contributed by atoms with Gasteiger partial charge in [0, 0.05) is 7.11 Å². The van der Waals surface area contributed by atoms with E-state index in [1.807, 2.05) is 0 Å². The van der Waals surface area contributed by atoms with Crippen molar-refractivity contribution in [3.8, 4) is 0 Å². The van der Waals surface area contributed by atoms with Crippen LogP contribution in [0.2, 0.25) is 10.0 Å². The van der Waals surface area contributed by atoms with E-state index in [9.17, 15) is 8.42 Å². The number of hydrogen-bond donors (Lipinski definition) is 0. The van der Waals surface area contributed by atoms with Gasteiger partial charge in [-0.3, -0.25) is 0 Å². The van der Waals surface area contributed by atoms with Crippen LogP contribution >= 0.6 is 23.2 Å². The van der Waals surface area contributed by atoms with Crippen LogP contribution in [0.1, 0.15) is 5.56 Å². The molecule has 0 N–H and O–H groups in total. The fraction of sp³-hybridized carbons (Fsp3) is 0.400. The molecule has 0 spiro atoms. The average molecular weight is 283 g/mol. The molecule has 1 rings (SSSR count). The number of benzene rings is 1. The van der Waals surface area contributed by atoms with Crippen molar-refractivity contribution in [3.05, 3.63) is 33.8 Å². The third kappa shape index (κ3) is 4.29. The molecule has 0 unspecified atom stereocenters. The molecule has 1 aromatic carbocycles. The zero-order valence-corrected chi connectivity index (χ0v) is 11.1. The van der Waals surface area contributed by atoms with Crippen LogP contribution in [0.25, 0.3) is 0 Å². The Hall–Kier alpha value is -0.290. The van der Waals surface area contributed by atoms with E-state index in [1.165, 1.54) is 7.11 Å². The van der Waals surface area contributed by atoms with Crippen LogP contribution in [0.3, 0.4) is 0 Å². The SMILES string of the molecule is COCCS(=O)(=O)Cc1ccc(Cl)c(Cl)c1. The zero-order valence-electron chi connectivity index (χ0n) is 8.74. The summed E-state index contributed by atoms with van der Waals surface area (Å²) in [5.74, 6) is -0.0446. The topological polar surface area (TPSA) is 43.4 Å². The van der Waals surface area contributed by atoms with Crippen LogP contribution in [0.15, 0.2) is 18.2 Å². The van der Waals surface area contributed by atoms with E-state index in [0.717, 1.165) is 0 Å². The lowest BCUT2D eigenvalue weighted by Gasteiger charge is -2.05. The van der Waals surface area contributed by atoms with Gasteiger partial charge in [0.15, 0.2) is 9.84 Å². The van der Waals surface area contributed by atoms with Crippen molar-refractivity contribution in [2.45, 2.75) is 5.75 Å². The molecule has 16 heavy (non-hydrogen) atoms. The summed E-state index contributed by atoms with van der Waals surface area (Å²) in [6.45, 7) is 0.198. The molecule has 6 heteroatoms. The summed E-state index contributed by atoms with van der Waals surface area (Å²) in [5.41, 5.74) is 0.630. The first-order valence-electron chi connectivity index (χ1n) is 4.58. The Balaban J connectivity index is 2.76. The highest BCUT2D eigenvalue weighted by Crippen LogP contribution is 2.23. The summed E-state index contributed by atoms with van der Waals surface area (Å²) in [5, 5.41) is 0.779. The summed E-state index contributed by atoms with van der Waals surface area (Å²) in [4.78, 5) is 0. The lowest BCUT2D eigenvalue weighted by atomic mass is 10.2. The van der Waals surface area contributed by atoms with E-state index < -0.39 is 9.84 Å². The number of halogens is 2. The van der Waals surface area contributed by atoms with Gasteiger partial charge in [-0.15, -0.1) is 0 Å². The molecule has 0 saturated heterocycles. The first-order chi connectivity index (χ1) is 7.44. The van der Waals surface area contributed by atoms with E-state index in [0.29, 0.717) is 15.6 Å². The number of hydrogen-bond acceptors (Lipinski definition) is 3. The van der Waals surface area contributed by atoms with Crippen molar-refractivity contribution in [2.75, 3.05) is 19.5 Å². The maximum Gasteiger partial charge on any atom is 0.156 e. The minimum atomic E-state index is -3.15. The predicted molar refractivity (Wildman–Crippen MR) is 65.8 cm³/mol. The summed E-state index contributed by atoms with van der Waals surface area (Å²) in [7, 11) is -1.69. The Kier molecular flexibility index (Phi) is 5.05. The minimum Gasteiger partial charge on any atom is -0.384 e. The van der Waals surface area contributed by atoms with Crippen LogP contribution in [0, 0.1) is 0 Å². The number of sulfone groups is 1. The fourth-order valence-electron chi connectivity index (χ4n) is 1.17. The van der Waals surface area contributed by atoms with Gasteiger partial charge in [-0.05, 0) is 17.7 Å². The summed E-state index contributed by atoms with van der Waals surface area (Å²) < 4.78 is 27.9. The van der Waals surface area contributed by atoms with E-state index in [1.54, 1.807) is 18.2 Å². The monoisotopic (exact) mass is 282 g/mol. The van der Waals surface area contributed by atoms with Gasteiger partial charge in [-0.25, -0.2) is 8.42 Å². The molecule has 0 heterocycles. The highest BCUT2D eigenvalue weighted by atomic mass is 35.5. The van der Waals surface area contributed by atoms with Gasteiger partial charge in [0.2, 0.25) is 0 Å². The molecule has 0 saturated carbocycles. The van der Waals surface area contributed by atoms with Crippen LogP contribution in [-0.2, 0) is 20.3 Å². The second-order valence-corrected chi connectivity index (χ2v) is 6.33. The Labute approximate surface area is 105 Å². The lowest BCUT2D eigenvalue weighted by Crippen LogP contribution is -2.13. The second kappa shape index (κ2) is 5.87. The molecule has 1 aromatic rings. The van der Waals surface area contributed by atoms with Crippen molar-refractivity contribution in [2.24, 2.45) is 0 Å². The molecule has 0 aliphatic carbocycles. The smallest absolute Gasteiger partial charge is 0.156 e. The predicted octanol–water partition coefficient (Wildman–Crippen LogP) is 2.55. The standard InChI is InChI=1S/C10H12Cl2O3S/c1-15-4-5-16(13,14)7-8-2-3-9(11)10(12)6-8/h2-3,6H,4-5,7H2,1H3. The maximum atomic E-state index is 11.6. The maximum absolute atomic E-state index is 11.6. The lowest BCUT2D eigenvalue weighted by molar-refractivity contribution is 0.217. The van der Waals surface area contributed by atoms with Gasteiger partial charge in [0.25, 0.3) is 0 Å². The van der Waals surface area contributed by atoms with Crippen LogP contribution in [-0.4, -0.2) is 27.9 Å². The number of methoxy groups -OCH3 is 1. The Morgan fingerprint density at radius 3 is 2.50 bits per heavy atom. The van der Waals surface area contributed by atoms with Gasteiger partial charge >= 0.3 is 0 Å². The first kappa shape index (κ1) is 13.8. The second-order valence-electron chi connectivity index (χ2n) is 3.33. The van der Waals surface area contributed by atoms with Crippen molar-refractivity contribution < 1.29 is 13.2 Å². The van der Waals surface area contributed by atoms with Gasteiger partial charge in [0.1, 0.15) is 0 Å². The first-order valence-corrected chi connectivity index (χ1v) is 7.15. The third-order valence-electron chi connectivity index (χ3n) is 1.97. The van der Waals surface area contributed by atoms with Gasteiger partial charge in [0.05, 0.1) is 28.2 Å². The highest BCUT2D eigenvalue weighted by Gasteiger charge is 2.12. The molecular weight excluding hydrogens is 271 g/mol. The quantitative estimate of drug-likeness (QED) is 0.834. The van der Waals surface area contributed by atoms with E-state index in [2.05, 4.69) is 0 Å². The molecule has 0 amide bonds. The molecule has 0 bridgehead atoms. The molecule has 0 aliphatic rings. The van der Waals surface area contributed by atoms with E-state index >= 15 is 0 Å². The van der Waals surface area contributed by atoms with Gasteiger partial charge < -0.3 is 4.74 Å². The molecule has 0 atom stereocenters. The van der Waals surface area contributed by atoms with E-state index in [-0.39, 0.29) is 18.1 Å². The summed E-state index contributed by atoms with van der Waals surface area (Å²) in [6, 6.07) is 4.80. The highest BCUT2D eigenvalue weighted by molar-refractivity contribution is 7.90. The third-order valence-corrected chi connectivity index (χ3v) is 4.27. The zero-order chi connectivity index (χ0) is 12.2. The Morgan fingerprint density at radius 1 is 1.25 bits per heavy atom. The molecular formula is C10H12Cl2O3S. The fourth-order valence-corrected chi connectivity index (χ4v) is 2.74. The van der Waals surface area contributed by atoms with Crippen LogP contribution in [0.5, 0.6) is 0 Å². The Bertz CT molecular complexity index is 457. The largest absolute Gasteiger partial charge is 0.384 e. The van der Waals surface area contributed by atoms with Crippen LogP contribution < -0.4 is 0 Å². The van der Waals surface area contributed by atoms with Crippen molar-refractivity contribution in [1.82, 2.24) is 0 Å². The molecule has 0 aliphatic heterocycles. The summed E-state index contributed by atoms with van der Waals surface area (Å²) >= 11 is 11.5.